The molecule has 0 saturated heterocycles. The van der Waals surface area contributed by atoms with Crippen molar-refractivity contribution in [3.63, 3.8) is 0 Å². The molecule has 0 amide bonds. The van der Waals surface area contributed by atoms with E-state index in [2.05, 4.69) is 108 Å². The molecular weight excluding hydrogens is 582 g/mol. The third-order valence-corrected chi connectivity index (χ3v) is 8.10. The summed E-state index contributed by atoms with van der Waals surface area (Å²) < 4.78 is 23.0. The summed E-state index contributed by atoms with van der Waals surface area (Å²) in [4.78, 5) is 2.09. The minimum absolute atomic E-state index is 0.609. The van der Waals surface area contributed by atoms with Gasteiger partial charge >= 0.3 is 0 Å². The van der Waals surface area contributed by atoms with Crippen LogP contribution in [0.1, 0.15) is 16.7 Å². The fourth-order valence-electron chi connectivity index (χ4n) is 5.81. The Hall–Kier alpha value is -5.94. The van der Waals surface area contributed by atoms with E-state index < -0.39 is 0 Å². The number of rotatable bonds is 11. The van der Waals surface area contributed by atoms with Crippen LogP contribution < -0.4 is 23.8 Å². The molecule has 0 spiro atoms. The molecule has 0 aliphatic heterocycles. The quantitative estimate of drug-likeness (QED) is 0.135. The Morgan fingerprint density at radius 3 is 1.32 bits per heavy atom. The zero-order valence-corrected chi connectivity index (χ0v) is 27.0. The van der Waals surface area contributed by atoms with Gasteiger partial charge < -0.3 is 23.8 Å². The van der Waals surface area contributed by atoms with Gasteiger partial charge in [0, 0.05) is 5.69 Å². The van der Waals surface area contributed by atoms with Crippen LogP contribution in [-0.4, -0.2) is 28.4 Å². The highest BCUT2D eigenvalue weighted by Crippen LogP contribution is 2.49. The lowest BCUT2D eigenvalue weighted by Crippen LogP contribution is -2.13. The summed E-state index contributed by atoms with van der Waals surface area (Å²) in [5.74, 6) is 2.48. The molecule has 6 aromatic carbocycles. The van der Waals surface area contributed by atoms with Crippen molar-refractivity contribution in [1.29, 1.82) is 0 Å². The first kappa shape index (κ1) is 31.1. The van der Waals surface area contributed by atoms with Gasteiger partial charge in [0.2, 0.25) is 0 Å². The van der Waals surface area contributed by atoms with Gasteiger partial charge in [-0.15, -0.1) is 0 Å². The van der Waals surface area contributed by atoms with Crippen LogP contribution in [0.5, 0.6) is 23.0 Å². The fourth-order valence-corrected chi connectivity index (χ4v) is 5.81. The number of benzene rings is 6. The van der Waals surface area contributed by atoms with Gasteiger partial charge in [-0.2, -0.15) is 0 Å². The van der Waals surface area contributed by atoms with Crippen LogP contribution in [0.4, 0.5) is 17.1 Å². The maximum Gasteiger partial charge on any atom is 0.184 e. The monoisotopic (exact) mass is 619 g/mol. The predicted octanol–water partition coefficient (Wildman–Crippen LogP) is 10.4. The van der Waals surface area contributed by atoms with Gasteiger partial charge in [0.1, 0.15) is 0 Å². The van der Waals surface area contributed by atoms with Gasteiger partial charge in [-0.05, 0) is 75.9 Å². The molecule has 0 saturated carbocycles. The molecule has 0 aromatic heterocycles. The summed E-state index contributed by atoms with van der Waals surface area (Å²) in [6.07, 6.45) is 2.25. The lowest BCUT2D eigenvalue weighted by atomic mass is 9.95. The van der Waals surface area contributed by atoms with Crippen molar-refractivity contribution < 1.29 is 18.9 Å². The molecule has 6 aromatic rings. The highest BCUT2D eigenvalue weighted by molar-refractivity contribution is 5.92. The maximum absolute atomic E-state index is 5.87. The molecular formula is C42H37NO4. The maximum atomic E-state index is 5.87. The van der Waals surface area contributed by atoms with E-state index in [9.17, 15) is 0 Å². The number of hydrogen-bond acceptors (Lipinski definition) is 5. The lowest BCUT2D eigenvalue weighted by molar-refractivity contribution is 0.353. The third-order valence-electron chi connectivity index (χ3n) is 8.10. The first-order chi connectivity index (χ1) is 23.1. The van der Waals surface area contributed by atoms with Crippen molar-refractivity contribution in [3.05, 3.63) is 162 Å². The van der Waals surface area contributed by atoms with E-state index in [1.165, 1.54) is 16.7 Å². The second-order valence-corrected chi connectivity index (χ2v) is 10.8. The van der Waals surface area contributed by atoms with E-state index >= 15 is 0 Å². The number of nitrogens with zero attached hydrogens (tertiary/aromatic N) is 1. The van der Waals surface area contributed by atoms with Gasteiger partial charge in [0.15, 0.2) is 23.0 Å². The largest absolute Gasteiger partial charge is 0.493 e. The summed E-state index contributed by atoms with van der Waals surface area (Å²) in [6.45, 7) is 0. The summed E-state index contributed by atoms with van der Waals surface area (Å²) in [5, 5.41) is 0. The Labute approximate surface area is 276 Å². The van der Waals surface area contributed by atoms with E-state index in [1.54, 1.807) is 28.4 Å². The van der Waals surface area contributed by atoms with Crippen molar-refractivity contribution in [3.8, 4) is 34.1 Å². The molecule has 6 rings (SSSR count). The van der Waals surface area contributed by atoms with Crippen LogP contribution in [0, 0.1) is 0 Å². The van der Waals surface area contributed by atoms with Crippen LogP contribution in [0.3, 0.4) is 0 Å². The second-order valence-electron chi connectivity index (χ2n) is 10.8. The zero-order chi connectivity index (χ0) is 32.6. The number of para-hydroxylation sites is 2. The first-order valence-electron chi connectivity index (χ1n) is 15.4. The molecule has 5 heteroatoms. The molecule has 5 nitrogen and oxygen atoms in total. The SMILES string of the molecule is COc1cccc(N(c2ccc(-c3ccc(C=C(c4ccccc4)c4ccccc4)cc3)cc2)c2cccc(OC)c2OC)c1OC. The van der Waals surface area contributed by atoms with E-state index in [-0.39, 0.29) is 0 Å². The van der Waals surface area contributed by atoms with Crippen molar-refractivity contribution >= 4 is 28.7 Å². The van der Waals surface area contributed by atoms with Crippen LogP contribution >= 0.6 is 0 Å². The normalized spacial score (nSPS) is 10.6. The average molecular weight is 620 g/mol. The van der Waals surface area contributed by atoms with E-state index in [0.717, 1.165) is 33.8 Å². The van der Waals surface area contributed by atoms with Gasteiger partial charge in [0.05, 0.1) is 39.8 Å². The average Bonchev–Trinajstić information content (AvgIpc) is 3.15. The molecule has 0 atom stereocenters. The van der Waals surface area contributed by atoms with Crippen molar-refractivity contribution in [2.45, 2.75) is 0 Å². The Balaban J connectivity index is 1.37. The number of ether oxygens (including phenoxy) is 4. The number of anilines is 3. The Kier molecular flexibility index (Phi) is 9.54. The van der Waals surface area contributed by atoms with E-state index in [0.29, 0.717) is 23.0 Å². The Morgan fingerprint density at radius 1 is 0.447 bits per heavy atom. The Morgan fingerprint density at radius 2 is 0.894 bits per heavy atom. The smallest absolute Gasteiger partial charge is 0.184 e. The highest BCUT2D eigenvalue weighted by Gasteiger charge is 2.24. The molecule has 0 bridgehead atoms. The van der Waals surface area contributed by atoms with Crippen molar-refractivity contribution in [1.82, 2.24) is 0 Å². The Bertz CT molecular complexity index is 1850. The molecule has 0 heterocycles. The third kappa shape index (κ3) is 6.56. The van der Waals surface area contributed by atoms with Crippen molar-refractivity contribution in [2.75, 3.05) is 33.3 Å². The van der Waals surface area contributed by atoms with Crippen LogP contribution in [0.2, 0.25) is 0 Å². The van der Waals surface area contributed by atoms with Crippen LogP contribution in [-0.2, 0) is 0 Å². The molecule has 0 N–H and O–H groups in total. The molecule has 0 radical (unpaired) electrons. The van der Waals surface area contributed by atoms with E-state index in [1.807, 2.05) is 48.5 Å². The number of methoxy groups -OCH3 is 4. The topological polar surface area (TPSA) is 40.2 Å². The van der Waals surface area contributed by atoms with Crippen molar-refractivity contribution in [2.24, 2.45) is 0 Å². The first-order valence-corrected chi connectivity index (χ1v) is 15.4. The minimum atomic E-state index is 0.609. The van der Waals surface area contributed by atoms with Gasteiger partial charge in [-0.25, -0.2) is 0 Å². The molecule has 234 valence electrons. The van der Waals surface area contributed by atoms with E-state index in [4.69, 9.17) is 18.9 Å². The highest BCUT2D eigenvalue weighted by atomic mass is 16.5. The second kappa shape index (κ2) is 14.4. The molecule has 0 unspecified atom stereocenters. The van der Waals surface area contributed by atoms with Gasteiger partial charge in [-0.3, -0.25) is 0 Å². The zero-order valence-electron chi connectivity index (χ0n) is 27.0. The van der Waals surface area contributed by atoms with Gasteiger partial charge in [0.25, 0.3) is 0 Å². The standard InChI is InChI=1S/C42H37NO4/c1-44-39-19-11-17-37(41(39)46-3)43(38-18-12-20-40(45-2)42(38)47-4)35-27-25-32(26-28-35)31-23-21-30(22-24-31)29-36(33-13-7-5-8-14-33)34-15-9-6-10-16-34/h5-29H,1-4H3. The van der Waals surface area contributed by atoms with Gasteiger partial charge in [-0.1, -0.05) is 109 Å². The summed E-state index contributed by atoms with van der Waals surface area (Å²) in [7, 11) is 6.57. The molecule has 0 aliphatic carbocycles. The molecule has 47 heavy (non-hydrogen) atoms. The predicted molar refractivity (Wildman–Crippen MR) is 193 cm³/mol. The minimum Gasteiger partial charge on any atom is -0.493 e. The summed E-state index contributed by atoms with van der Waals surface area (Å²) in [5.41, 5.74) is 9.43. The summed E-state index contributed by atoms with van der Waals surface area (Å²) >= 11 is 0. The van der Waals surface area contributed by atoms with Crippen LogP contribution in [0.25, 0.3) is 22.8 Å². The fraction of sp³-hybridized carbons (Fsp3) is 0.0952. The lowest BCUT2D eigenvalue weighted by Gasteiger charge is -2.29. The molecule has 0 aliphatic rings. The summed E-state index contributed by atoms with van der Waals surface area (Å²) in [6, 6.07) is 49.8. The molecule has 0 fully saturated rings. The number of hydrogen-bond donors (Lipinski definition) is 0. The van der Waals surface area contributed by atoms with Crippen LogP contribution in [0.15, 0.2) is 146 Å².